The molecule has 0 amide bonds. The molecule has 0 aliphatic carbocycles. The van der Waals surface area contributed by atoms with Crippen LogP contribution in [0.4, 0.5) is 0 Å². The number of nitrogens with two attached hydrogens (primary N) is 1. The highest BCUT2D eigenvalue weighted by Gasteiger charge is 2.09. The highest BCUT2D eigenvalue weighted by Crippen LogP contribution is 2.07. The molecule has 68 valence electrons. The van der Waals surface area contributed by atoms with Crippen LogP contribution in [0.5, 0.6) is 0 Å². The lowest BCUT2D eigenvalue weighted by Gasteiger charge is -2.01. The fraction of sp³-hybridized carbons (Fsp3) is 0.286. The fourth-order valence-electron chi connectivity index (χ4n) is 1.16. The van der Waals surface area contributed by atoms with Gasteiger partial charge in [0.05, 0.1) is 11.9 Å². The zero-order valence-corrected chi connectivity index (χ0v) is 7.06. The summed E-state index contributed by atoms with van der Waals surface area (Å²) in [5, 5.41) is 3.94. The quantitative estimate of drug-likeness (QED) is 0.614. The maximum Gasteiger partial charge on any atom is 0.294 e. The molecule has 2 heterocycles. The Morgan fingerprint density at radius 2 is 2.46 bits per heavy atom. The van der Waals surface area contributed by atoms with Gasteiger partial charge in [0.15, 0.2) is 0 Å². The zero-order valence-electron chi connectivity index (χ0n) is 7.06. The molecule has 0 aromatic carbocycles. The van der Waals surface area contributed by atoms with Crippen molar-refractivity contribution in [3.05, 3.63) is 28.6 Å². The summed E-state index contributed by atoms with van der Waals surface area (Å²) in [5.74, 6) is 0. The zero-order chi connectivity index (χ0) is 9.42. The van der Waals surface area contributed by atoms with Crippen LogP contribution in [-0.2, 0) is 0 Å². The summed E-state index contributed by atoms with van der Waals surface area (Å²) in [5.41, 5.74) is 6.40. The third-order valence-electron chi connectivity index (χ3n) is 1.80. The largest absolute Gasteiger partial charge is 0.323 e. The summed E-state index contributed by atoms with van der Waals surface area (Å²) in [6.07, 6.45) is 2.88. The van der Waals surface area contributed by atoms with Gasteiger partial charge in [0, 0.05) is 6.04 Å². The number of hydrogen-bond donors (Lipinski definition) is 2. The number of hydrogen-bond acceptors (Lipinski definition) is 4. The van der Waals surface area contributed by atoms with E-state index in [1.807, 2.05) is 6.92 Å². The molecular weight excluding hydrogens is 170 g/mol. The van der Waals surface area contributed by atoms with Crippen molar-refractivity contribution in [2.75, 3.05) is 0 Å². The second-order valence-corrected chi connectivity index (χ2v) is 2.83. The SMILES string of the molecule is CC(N)c1cnc2c(=O)[nH]cnn12. The molecule has 0 radical (unpaired) electrons. The van der Waals surface area contributed by atoms with Crippen molar-refractivity contribution >= 4 is 5.65 Å². The topological polar surface area (TPSA) is 89.1 Å². The van der Waals surface area contributed by atoms with Crippen LogP contribution >= 0.6 is 0 Å². The van der Waals surface area contributed by atoms with E-state index in [-0.39, 0.29) is 17.2 Å². The number of fused-ring (bicyclic) bond motifs is 1. The molecule has 2 aromatic heterocycles. The molecule has 0 saturated carbocycles. The fourth-order valence-corrected chi connectivity index (χ4v) is 1.16. The molecule has 1 atom stereocenters. The predicted octanol–water partition coefficient (Wildman–Crippen LogP) is -0.563. The average Bonchev–Trinajstić information content (AvgIpc) is 2.48. The summed E-state index contributed by atoms with van der Waals surface area (Å²) in [6.45, 7) is 1.81. The Balaban J connectivity index is 2.83. The number of imidazole rings is 1. The molecule has 0 aliphatic heterocycles. The average molecular weight is 179 g/mol. The Morgan fingerprint density at radius 1 is 1.69 bits per heavy atom. The molecule has 13 heavy (non-hydrogen) atoms. The molecule has 6 nitrogen and oxygen atoms in total. The van der Waals surface area contributed by atoms with Gasteiger partial charge in [-0.3, -0.25) is 4.79 Å². The minimum Gasteiger partial charge on any atom is -0.323 e. The van der Waals surface area contributed by atoms with Crippen molar-refractivity contribution in [3.63, 3.8) is 0 Å². The van der Waals surface area contributed by atoms with Gasteiger partial charge in [0.25, 0.3) is 5.56 Å². The minimum atomic E-state index is -0.262. The third-order valence-corrected chi connectivity index (χ3v) is 1.80. The summed E-state index contributed by atoms with van der Waals surface area (Å²) in [7, 11) is 0. The smallest absolute Gasteiger partial charge is 0.294 e. The van der Waals surface area contributed by atoms with Crippen LogP contribution in [0.1, 0.15) is 18.7 Å². The van der Waals surface area contributed by atoms with Crippen LogP contribution in [0.3, 0.4) is 0 Å². The molecule has 0 bridgehead atoms. The maximum absolute atomic E-state index is 11.2. The van der Waals surface area contributed by atoms with Crippen molar-refractivity contribution in [2.24, 2.45) is 5.73 Å². The Kier molecular flexibility index (Phi) is 1.63. The van der Waals surface area contributed by atoms with Gasteiger partial charge in [-0.25, -0.2) is 9.50 Å². The standard InChI is InChI=1S/C7H9N5O/c1-4(8)5-2-9-6-7(13)10-3-11-12(5)6/h2-4H,8H2,1H3,(H,10,11,13). The van der Waals surface area contributed by atoms with E-state index in [0.29, 0.717) is 0 Å². The lowest BCUT2D eigenvalue weighted by molar-refractivity contribution is 0.722. The molecule has 1 unspecified atom stereocenters. The number of nitrogens with zero attached hydrogens (tertiary/aromatic N) is 3. The van der Waals surface area contributed by atoms with E-state index < -0.39 is 0 Å². The Hall–Kier alpha value is -1.69. The minimum absolute atomic E-state index is 0.190. The van der Waals surface area contributed by atoms with E-state index in [9.17, 15) is 4.79 Å². The third kappa shape index (κ3) is 1.11. The normalized spacial score (nSPS) is 13.4. The van der Waals surface area contributed by atoms with Crippen molar-refractivity contribution in [3.8, 4) is 0 Å². The molecule has 0 spiro atoms. The molecule has 0 fully saturated rings. The first-order valence-electron chi connectivity index (χ1n) is 3.87. The van der Waals surface area contributed by atoms with Gasteiger partial charge in [-0.2, -0.15) is 5.10 Å². The number of H-pyrrole nitrogens is 1. The van der Waals surface area contributed by atoms with Crippen molar-refractivity contribution in [1.29, 1.82) is 0 Å². The van der Waals surface area contributed by atoms with Crippen LogP contribution in [0, 0.1) is 0 Å². The summed E-state index contributed by atoms with van der Waals surface area (Å²) in [4.78, 5) is 17.5. The predicted molar refractivity (Wildman–Crippen MR) is 46.2 cm³/mol. The number of aromatic amines is 1. The van der Waals surface area contributed by atoms with E-state index in [1.54, 1.807) is 6.20 Å². The summed E-state index contributed by atoms with van der Waals surface area (Å²) < 4.78 is 1.45. The first-order valence-corrected chi connectivity index (χ1v) is 3.87. The lowest BCUT2D eigenvalue weighted by atomic mass is 10.3. The van der Waals surface area contributed by atoms with E-state index in [2.05, 4.69) is 15.1 Å². The first-order chi connectivity index (χ1) is 6.20. The highest BCUT2D eigenvalue weighted by molar-refractivity contribution is 5.35. The van der Waals surface area contributed by atoms with Crippen LogP contribution in [0.15, 0.2) is 17.3 Å². The second kappa shape index (κ2) is 2.67. The van der Waals surface area contributed by atoms with Crippen LogP contribution in [0.25, 0.3) is 5.65 Å². The van der Waals surface area contributed by atoms with Gasteiger partial charge in [0.1, 0.15) is 6.33 Å². The van der Waals surface area contributed by atoms with Crippen molar-refractivity contribution in [1.82, 2.24) is 19.6 Å². The summed E-state index contributed by atoms with van der Waals surface area (Å²) >= 11 is 0. The monoisotopic (exact) mass is 179 g/mol. The Labute approximate surface area is 73.4 Å². The van der Waals surface area contributed by atoms with E-state index in [0.717, 1.165) is 5.69 Å². The van der Waals surface area contributed by atoms with Crippen molar-refractivity contribution in [2.45, 2.75) is 13.0 Å². The molecule has 6 heteroatoms. The van der Waals surface area contributed by atoms with E-state index in [1.165, 1.54) is 10.8 Å². The van der Waals surface area contributed by atoms with Gasteiger partial charge in [-0.15, -0.1) is 0 Å². The van der Waals surface area contributed by atoms with Crippen molar-refractivity contribution < 1.29 is 0 Å². The lowest BCUT2D eigenvalue weighted by Crippen LogP contribution is -2.15. The molecule has 2 rings (SSSR count). The first kappa shape index (κ1) is 7.93. The molecule has 0 aliphatic rings. The Morgan fingerprint density at radius 3 is 3.15 bits per heavy atom. The second-order valence-electron chi connectivity index (χ2n) is 2.83. The van der Waals surface area contributed by atoms with Gasteiger partial charge in [-0.1, -0.05) is 0 Å². The highest BCUT2D eigenvalue weighted by atomic mass is 16.1. The number of aromatic nitrogens is 4. The number of rotatable bonds is 1. The van der Waals surface area contributed by atoms with Gasteiger partial charge < -0.3 is 10.7 Å². The summed E-state index contributed by atoms with van der Waals surface area (Å²) in [6, 6.07) is -0.190. The van der Waals surface area contributed by atoms with Crippen LogP contribution in [0.2, 0.25) is 0 Å². The van der Waals surface area contributed by atoms with E-state index >= 15 is 0 Å². The van der Waals surface area contributed by atoms with Gasteiger partial charge in [0.2, 0.25) is 5.65 Å². The van der Waals surface area contributed by atoms with Crippen LogP contribution in [-0.4, -0.2) is 19.6 Å². The molecule has 0 saturated heterocycles. The molecule has 3 N–H and O–H groups in total. The van der Waals surface area contributed by atoms with Gasteiger partial charge in [-0.05, 0) is 6.92 Å². The molecule has 2 aromatic rings. The molecular formula is C7H9N5O. The maximum atomic E-state index is 11.2. The number of nitrogens with one attached hydrogen (secondary N) is 1. The van der Waals surface area contributed by atoms with E-state index in [4.69, 9.17) is 5.73 Å². The van der Waals surface area contributed by atoms with Crippen LogP contribution < -0.4 is 11.3 Å². The Bertz CT molecular complexity index is 483. The van der Waals surface area contributed by atoms with Gasteiger partial charge >= 0.3 is 0 Å².